The third-order valence-corrected chi connectivity index (χ3v) is 11.6. The van der Waals surface area contributed by atoms with Crippen molar-refractivity contribution in [3.8, 4) is 0 Å². The van der Waals surface area contributed by atoms with Crippen LogP contribution in [-0.4, -0.2) is 23.1 Å². The lowest BCUT2D eigenvalue weighted by Crippen LogP contribution is -2.23. The molecule has 3 atom stereocenters. The number of hydrogen-bond donors (Lipinski definition) is 0. The smallest absolute Gasteiger partial charge is 0.0151 e. The Morgan fingerprint density at radius 3 is 1.96 bits per heavy atom. The molecule has 1 unspecified atom stereocenters. The molecule has 1 heterocycles. The molecule has 0 aliphatic carbocycles. The van der Waals surface area contributed by atoms with E-state index in [0.717, 1.165) is 17.0 Å². The summed E-state index contributed by atoms with van der Waals surface area (Å²) < 4.78 is 0. The summed E-state index contributed by atoms with van der Waals surface area (Å²) in [6, 6.07) is 22.5. The highest BCUT2D eigenvalue weighted by Gasteiger charge is 2.32. The second-order valence-corrected chi connectivity index (χ2v) is 13.1. The van der Waals surface area contributed by atoms with E-state index in [4.69, 9.17) is 0 Å². The van der Waals surface area contributed by atoms with Crippen LogP contribution in [0.3, 0.4) is 0 Å². The van der Waals surface area contributed by atoms with Gasteiger partial charge in [-0.3, -0.25) is 0 Å². The van der Waals surface area contributed by atoms with Crippen molar-refractivity contribution in [2.24, 2.45) is 0 Å². The van der Waals surface area contributed by atoms with E-state index in [1.807, 2.05) is 0 Å². The van der Waals surface area contributed by atoms with Crippen LogP contribution in [0.4, 0.5) is 0 Å². The van der Waals surface area contributed by atoms with Gasteiger partial charge in [0.2, 0.25) is 0 Å². The van der Waals surface area contributed by atoms with E-state index in [1.54, 1.807) is 0 Å². The topological polar surface area (TPSA) is 0 Å². The normalized spacial score (nSPS) is 22.2. The molecule has 0 N–H and O–H groups in total. The Hall–Kier alpha value is -0.700. The van der Waals surface area contributed by atoms with Gasteiger partial charge in [-0.05, 0) is 60.9 Å². The van der Waals surface area contributed by atoms with Crippen LogP contribution in [0.2, 0.25) is 0 Å². The lowest BCUT2D eigenvalue weighted by atomic mass is 10.2. The van der Waals surface area contributed by atoms with Crippen LogP contribution in [0, 0.1) is 0 Å². The summed E-state index contributed by atoms with van der Waals surface area (Å²) in [5.74, 6) is 0. The Morgan fingerprint density at radius 1 is 0.917 bits per heavy atom. The zero-order valence-corrected chi connectivity index (χ0v) is 17.0. The molecule has 128 valence electrons. The number of hydrogen-bond acceptors (Lipinski definition) is 0. The highest BCUT2D eigenvalue weighted by Crippen LogP contribution is 2.57. The van der Waals surface area contributed by atoms with Gasteiger partial charge in [-0.15, -0.1) is 7.92 Å². The lowest BCUT2D eigenvalue weighted by Gasteiger charge is -2.31. The van der Waals surface area contributed by atoms with E-state index in [-0.39, 0.29) is 15.8 Å². The van der Waals surface area contributed by atoms with Crippen molar-refractivity contribution in [1.82, 2.24) is 0 Å². The van der Waals surface area contributed by atoms with Crippen LogP contribution in [-0.2, 0) is 0 Å². The fourth-order valence-electron chi connectivity index (χ4n) is 4.13. The Morgan fingerprint density at radius 2 is 1.46 bits per heavy atom. The Labute approximate surface area is 150 Å². The highest BCUT2D eigenvalue weighted by atomic mass is 31.1. The number of benzene rings is 2. The molecule has 0 amide bonds. The molecule has 1 saturated heterocycles. The summed E-state index contributed by atoms with van der Waals surface area (Å²) in [4.78, 5) is 0. The molecule has 1 fully saturated rings. The van der Waals surface area contributed by atoms with Gasteiger partial charge in [0.05, 0.1) is 0 Å². The molecule has 0 radical (unpaired) electrons. The van der Waals surface area contributed by atoms with Gasteiger partial charge in [-0.25, -0.2) is 0 Å². The van der Waals surface area contributed by atoms with Gasteiger partial charge in [0, 0.05) is 0 Å². The minimum absolute atomic E-state index is 0.248. The quantitative estimate of drug-likeness (QED) is 0.561. The monoisotopic (exact) mass is 356 g/mol. The van der Waals surface area contributed by atoms with Crippen LogP contribution in [0.5, 0.6) is 0 Å². The van der Waals surface area contributed by atoms with Crippen molar-refractivity contribution in [3.05, 3.63) is 60.7 Å². The second kappa shape index (κ2) is 8.60. The summed E-state index contributed by atoms with van der Waals surface area (Å²) in [6.07, 6.45) is 5.87. The van der Waals surface area contributed by atoms with Crippen LogP contribution in [0.15, 0.2) is 60.7 Å². The zero-order chi connectivity index (χ0) is 16.9. The Bertz CT molecular complexity index is 569. The van der Waals surface area contributed by atoms with E-state index in [2.05, 4.69) is 81.4 Å². The Kier molecular flexibility index (Phi) is 6.49. The predicted molar refractivity (Wildman–Crippen MR) is 113 cm³/mol. The molecule has 0 bridgehead atoms. The molecular formula is C22H30P2. The standard InChI is InChI=1S/C22H30P2/c1-18(2)23-16-10-15-22(23)17-19(3)24(20-11-6-4-7-12-20)21-13-8-5-9-14-21/h4-9,11-14,18-19,22H,10,15-17H2,1-3H3/t19-,22-,23?/m1/s1. The van der Waals surface area contributed by atoms with Gasteiger partial charge in [-0.2, -0.15) is 0 Å². The first kappa shape index (κ1) is 18.1. The van der Waals surface area contributed by atoms with Crippen molar-refractivity contribution in [3.63, 3.8) is 0 Å². The average molecular weight is 356 g/mol. The van der Waals surface area contributed by atoms with Gasteiger partial charge >= 0.3 is 0 Å². The molecule has 0 nitrogen and oxygen atoms in total. The summed E-state index contributed by atoms with van der Waals surface area (Å²) in [5.41, 5.74) is 2.66. The SMILES string of the molecule is CC(C)P1CCC[C@@H]1C[C@@H](C)P(c1ccccc1)c1ccccc1. The van der Waals surface area contributed by atoms with Crippen LogP contribution < -0.4 is 10.6 Å². The Balaban J connectivity index is 1.83. The predicted octanol–water partition coefficient (Wildman–Crippen LogP) is 5.95. The van der Waals surface area contributed by atoms with Crippen molar-refractivity contribution in [1.29, 1.82) is 0 Å². The van der Waals surface area contributed by atoms with Gasteiger partial charge in [-0.1, -0.05) is 81.4 Å². The van der Waals surface area contributed by atoms with Crippen molar-refractivity contribution in [2.45, 2.75) is 57.0 Å². The molecule has 3 rings (SSSR count). The molecule has 2 aromatic rings. The van der Waals surface area contributed by atoms with Crippen molar-refractivity contribution < 1.29 is 0 Å². The first-order chi connectivity index (χ1) is 11.7. The van der Waals surface area contributed by atoms with E-state index in [9.17, 15) is 0 Å². The molecule has 0 spiro atoms. The van der Waals surface area contributed by atoms with Gasteiger partial charge in [0.1, 0.15) is 0 Å². The third kappa shape index (κ3) is 4.28. The summed E-state index contributed by atoms with van der Waals surface area (Å²) in [7, 11) is -0.00847. The molecule has 2 heteroatoms. The molecule has 1 aliphatic rings. The van der Waals surface area contributed by atoms with Gasteiger partial charge < -0.3 is 0 Å². The minimum atomic E-state index is -0.256. The maximum atomic E-state index is 2.51. The largest absolute Gasteiger partial charge is 0.101 e. The van der Waals surface area contributed by atoms with E-state index >= 15 is 0 Å². The molecular weight excluding hydrogens is 326 g/mol. The molecule has 0 saturated carbocycles. The highest BCUT2D eigenvalue weighted by molar-refractivity contribution is 7.73. The maximum absolute atomic E-state index is 2.51. The molecule has 1 aliphatic heterocycles. The van der Waals surface area contributed by atoms with Gasteiger partial charge in [0.25, 0.3) is 0 Å². The minimum Gasteiger partial charge on any atom is -0.101 e. The van der Waals surface area contributed by atoms with Gasteiger partial charge in [0.15, 0.2) is 0 Å². The molecule has 24 heavy (non-hydrogen) atoms. The van der Waals surface area contributed by atoms with Crippen LogP contribution in [0.25, 0.3) is 0 Å². The first-order valence-electron chi connectivity index (χ1n) is 9.32. The summed E-state index contributed by atoms with van der Waals surface area (Å²) in [5, 5.41) is 3.08. The zero-order valence-electron chi connectivity index (χ0n) is 15.2. The number of rotatable bonds is 6. The summed E-state index contributed by atoms with van der Waals surface area (Å²) >= 11 is 0. The maximum Gasteiger partial charge on any atom is -0.0151 e. The van der Waals surface area contributed by atoms with Crippen molar-refractivity contribution in [2.75, 3.05) is 6.16 Å². The molecule has 2 aromatic carbocycles. The average Bonchev–Trinajstić information content (AvgIpc) is 3.05. The van der Waals surface area contributed by atoms with E-state index in [0.29, 0.717) is 0 Å². The van der Waals surface area contributed by atoms with E-state index in [1.165, 1.54) is 36.0 Å². The third-order valence-electron chi connectivity index (χ3n) is 5.21. The lowest BCUT2D eigenvalue weighted by molar-refractivity contribution is 0.702. The van der Waals surface area contributed by atoms with Crippen LogP contribution >= 0.6 is 15.8 Å². The first-order valence-corrected chi connectivity index (χ1v) is 12.4. The fourth-order valence-corrected chi connectivity index (χ4v) is 10.4. The summed E-state index contributed by atoms with van der Waals surface area (Å²) in [6.45, 7) is 7.41. The fraction of sp³-hybridized carbons (Fsp3) is 0.455. The molecule has 0 aromatic heterocycles. The van der Waals surface area contributed by atoms with E-state index < -0.39 is 0 Å². The van der Waals surface area contributed by atoms with Crippen LogP contribution in [0.1, 0.15) is 40.0 Å². The second-order valence-electron chi connectivity index (χ2n) is 7.25. The van der Waals surface area contributed by atoms with Crippen molar-refractivity contribution >= 4 is 26.5 Å².